The topological polar surface area (TPSA) is 26.3 Å². The molecule has 0 atom stereocenters. The first-order chi connectivity index (χ1) is 10.8. The van der Waals surface area contributed by atoms with Gasteiger partial charge < -0.3 is 4.74 Å². The zero-order valence-electron chi connectivity index (χ0n) is 14.7. The Morgan fingerprint density at radius 3 is 2.74 bits per heavy atom. The van der Waals surface area contributed by atoms with Crippen LogP contribution in [0.25, 0.3) is 6.08 Å². The average Bonchev–Trinajstić information content (AvgIpc) is 2.93. The minimum absolute atomic E-state index is 0.264. The molecule has 0 unspecified atom stereocenters. The van der Waals surface area contributed by atoms with Crippen LogP contribution in [0.15, 0.2) is 41.0 Å². The van der Waals surface area contributed by atoms with Gasteiger partial charge in [0.15, 0.2) is 0 Å². The average molecular weight is 330 g/mol. The Hall–Kier alpha value is -1.61. The molecule has 1 aromatic heterocycles. The van der Waals surface area contributed by atoms with Crippen molar-refractivity contribution in [2.45, 2.75) is 47.0 Å². The first-order valence-corrected chi connectivity index (χ1v) is 8.90. The summed E-state index contributed by atoms with van der Waals surface area (Å²) in [7, 11) is 1.41. The lowest BCUT2D eigenvalue weighted by molar-refractivity contribution is 0.0606. The second-order valence-corrected chi connectivity index (χ2v) is 7.96. The maximum absolute atomic E-state index is 11.5. The number of rotatable bonds is 4. The summed E-state index contributed by atoms with van der Waals surface area (Å²) in [6.45, 7) is 9.01. The maximum atomic E-state index is 11.5. The van der Waals surface area contributed by atoms with Gasteiger partial charge in [-0.05, 0) is 67.9 Å². The zero-order chi connectivity index (χ0) is 17.0. The number of esters is 1. The van der Waals surface area contributed by atoms with Crippen LogP contribution in [0.4, 0.5) is 0 Å². The van der Waals surface area contributed by atoms with E-state index in [0.717, 1.165) is 4.88 Å². The number of hydrogen-bond donors (Lipinski definition) is 0. The minimum atomic E-state index is -0.271. The van der Waals surface area contributed by atoms with Gasteiger partial charge in [-0.1, -0.05) is 31.6 Å². The molecule has 0 amide bonds. The summed E-state index contributed by atoms with van der Waals surface area (Å²) in [6.07, 6.45) is 10.3. The number of ether oxygens (including phenoxy) is 1. The molecule has 0 bridgehead atoms. The molecule has 0 radical (unpaired) electrons. The first kappa shape index (κ1) is 17.7. The third kappa shape index (κ3) is 4.44. The van der Waals surface area contributed by atoms with Crippen molar-refractivity contribution in [3.63, 3.8) is 0 Å². The number of methoxy groups -OCH3 is 1. The monoisotopic (exact) mass is 330 g/mol. The van der Waals surface area contributed by atoms with E-state index in [1.165, 1.54) is 54.4 Å². The van der Waals surface area contributed by atoms with E-state index in [0.29, 0.717) is 4.88 Å². The van der Waals surface area contributed by atoms with E-state index in [1.807, 2.05) is 12.1 Å². The third-order valence-corrected chi connectivity index (χ3v) is 5.45. The normalized spacial score (nSPS) is 18.6. The Morgan fingerprint density at radius 1 is 1.35 bits per heavy atom. The predicted octanol–water partition coefficient (Wildman–Crippen LogP) is 6.02. The zero-order valence-corrected chi connectivity index (χ0v) is 15.5. The SMILES string of the molecule is COC(=O)c1ccc(/C=C(\C)C=CC2=C(C)CCCC2(C)C)s1. The summed E-state index contributed by atoms with van der Waals surface area (Å²) >= 11 is 1.46. The molecule has 1 heterocycles. The van der Waals surface area contributed by atoms with Crippen molar-refractivity contribution in [2.24, 2.45) is 5.41 Å². The second kappa shape index (κ2) is 7.31. The Balaban J connectivity index is 2.16. The molecule has 1 aliphatic rings. The van der Waals surface area contributed by atoms with E-state index < -0.39 is 0 Å². The molecule has 1 aliphatic carbocycles. The van der Waals surface area contributed by atoms with Gasteiger partial charge in [-0.25, -0.2) is 4.79 Å². The van der Waals surface area contributed by atoms with Crippen LogP contribution < -0.4 is 0 Å². The fraction of sp³-hybridized carbons (Fsp3) is 0.450. The molecule has 3 heteroatoms. The van der Waals surface area contributed by atoms with Crippen molar-refractivity contribution in [1.29, 1.82) is 0 Å². The molecule has 0 aliphatic heterocycles. The van der Waals surface area contributed by atoms with Crippen LogP contribution in [0.3, 0.4) is 0 Å². The summed E-state index contributed by atoms with van der Waals surface area (Å²) in [4.78, 5) is 13.2. The largest absolute Gasteiger partial charge is 0.465 e. The van der Waals surface area contributed by atoms with Crippen LogP contribution in [-0.4, -0.2) is 13.1 Å². The fourth-order valence-electron chi connectivity index (χ4n) is 3.14. The van der Waals surface area contributed by atoms with Crippen LogP contribution in [0.2, 0.25) is 0 Å². The maximum Gasteiger partial charge on any atom is 0.348 e. The number of hydrogen-bond acceptors (Lipinski definition) is 3. The standard InChI is InChI=1S/C20H26O2S/c1-14(13-16-9-11-18(23-16)19(21)22-5)8-10-17-15(2)7-6-12-20(17,3)4/h8-11,13H,6-7,12H2,1-5H3/b10-8?,14-13+. The second-order valence-electron chi connectivity index (χ2n) is 6.85. The number of carbonyl (C=O) groups excluding carboxylic acids is 1. The summed E-state index contributed by atoms with van der Waals surface area (Å²) in [5, 5.41) is 0. The molecule has 0 fully saturated rings. The third-order valence-electron chi connectivity index (χ3n) is 4.44. The number of thiophene rings is 1. The van der Waals surface area contributed by atoms with E-state index >= 15 is 0 Å². The Kier molecular flexibility index (Phi) is 5.64. The lowest BCUT2D eigenvalue weighted by Crippen LogP contribution is -2.19. The van der Waals surface area contributed by atoms with Crippen LogP contribution in [0.1, 0.15) is 61.5 Å². The van der Waals surface area contributed by atoms with Gasteiger partial charge in [0.05, 0.1) is 7.11 Å². The summed E-state index contributed by atoms with van der Waals surface area (Å²) in [6, 6.07) is 3.78. The van der Waals surface area contributed by atoms with Gasteiger partial charge in [0.2, 0.25) is 0 Å². The van der Waals surface area contributed by atoms with Gasteiger partial charge in [0.1, 0.15) is 4.88 Å². The van der Waals surface area contributed by atoms with Gasteiger partial charge in [-0.15, -0.1) is 11.3 Å². The van der Waals surface area contributed by atoms with Gasteiger partial charge >= 0.3 is 5.97 Å². The Morgan fingerprint density at radius 2 is 2.09 bits per heavy atom. The molecule has 0 saturated heterocycles. The highest BCUT2D eigenvalue weighted by molar-refractivity contribution is 7.14. The molecule has 2 rings (SSSR count). The molecule has 23 heavy (non-hydrogen) atoms. The van der Waals surface area contributed by atoms with Crippen molar-refractivity contribution >= 4 is 23.4 Å². The highest BCUT2D eigenvalue weighted by Crippen LogP contribution is 2.40. The Labute approximate surface area is 143 Å². The van der Waals surface area contributed by atoms with Crippen LogP contribution in [-0.2, 0) is 4.74 Å². The van der Waals surface area contributed by atoms with Crippen LogP contribution in [0.5, 0.6) is 0 Å². The van der Waals surface area contributed by atoms with Crippen molar-refractivity contribution in [3.05, 3.63) is 50.8 Å². The quantitative estimate of drug-likeness (QED) is 0.498. The van der Waals surface area contributed by atoms with Crippen molar-refractivity contribution in [1.82, 2.24) is 0 Å². The van der Waals surface area contributed by atoms with Crippen LogP contribution in [0, 0.1) is 5.41 Å². The molecular formula is C20H26O2S. The summed E-state index contributed by atoms with van der Waals surface area (Å²) in [5.41, 5.74) is 4.43. The van der Waals surface area contributed by atoms with E-state index in [-0.39, 0.29) is 11.4 Å². The van der Waals surface area contributed by atoms with Gasteiger partial charge in [-0.3, -0.25) is 0 Å². The first-order valence-electron chi connectivity index (χ1n) is 8.08. The van der Waals surface area contributed by atoms with Crippen molar-refractivity contribution in [2.75, 3.05) is 7.11 Å². The van der Waals surface area contributed by atoms with E-state index in [1.54, 1.807) is 0 Å². The van der Waals surface area contributed by atoms with Crippen molar-refractivity contribution in [3.8, 4) is 0 Å². The fourth-order valence-corrected chi connectivity index (χ4v) is 4.08. The van der Waals surface area contributed by atoms with Crippen LogP contribution >= 0.6 is 11.3 Å². The predicted molar refractivity (Wildman–Crippen MR) is 98.8 cm³/mol. The highest BCUT2D eigenvalue weighted by Gasteiger charge is 2.26. The van der Waals surface area contributed by atoms with Gasteiger partial charge in [-0.2, -0.15) is 0 Å². The van der Waals surface area contributed by atoms with Gasteiger partial charge in [0, 0.05) is 4.88 Å². The van der Waals surface area contributed by atoms with E-state index in [9.17, 15) is 4.79 Å². The molecule has 0 saturated carbocycles. The molecule has 0 aromatic carbocycles. The molecule has 2 nitrogen and oxygen atoms in total. The smallest absolute Gasteiger partial charge is 0.348 e. The van der Waals surface area contributed by atoms with Crippen molar-refractivity contribution < 1.29 is 9.53 Å². The minimum Gasteiger partial charge on any atom is -0.465 e. The number of carbonyl (C=O) groups is 1. The summed E-state index contributed by atoms with van der Waals surface area (Å²) in [5.74, 6) is -0.271. The molecule has 0 spiro atoms. The summed E-state index contributed by atoms with van der Waals surface area (Å²) < 4.78 is 4.75. The lowest BCUT2D eigenvalue weighted by atomic mass is 9.72. The van der Waals surface area contributed by atoms with E-state index in [4.69, 9.17) is 4.74 Å². The van der Waals surface area contributed by atoms with E-state index in [2.05, 4.69) is 45.9 Å². The molecule has 0 N–H and O–H groups in total. The Bertz CT molecular complexity index is 672. The highest BCUT2D eigenvalue weighted by atomic mass is 32.1. The number of allylic oxidation sites excluding steroid dienone is 5. The van der Waals surface area contributed by atoms with Gasteiger partial charge in [0.25, 0.3) is 0 Å². The lowest BCUT2D eigenvalue weighted by Gasteiger charge is -2.32. The molecular weight excluding hydrogens is 304 g/mol. The molecule has 1 aromatic rings. The molecule has 124 valence electrons.